The van der Waals surface area contributed by atoms with Crippen LogP contribution in [0.1, 0.15) is 115 Å². The molecule has 0 atom stereocenters. The Labute approximate surface area is 331 Å². The number of amides is 5. The van der Waals surface area contributed by atoms with Crippen molar-refractivity contribution < 1.29 is 28.7 Å². The Balaban J connectivity index is 1.32. The van der Waals surface area contributed by atoms with Gasteiger partial charge in [-0.15, -0.1) is 0 Å². The molecule has 304 valence electrons. The third-order valence-electron chi connectivity index (χ3n) is 9.02. The third-order valence-corrected chi connectivity index (χ3v) is 9.02. The molecule has 1 aromatic carbocycles. The van der Waals surface area contributed by atoms with Gasteiger partial charge in [0.1, 0.15) is 22.8 Å². The van der Waals surface area contributed by atoms with Crippen LogP contribution < -0.4 is 26.2 Å². The highest BCUT2D eigenvalue weighted by Gasteiger charge is 2.33. The first-order valence-electron chi connectivity index (χ1n) is 19.6. The summed E-state index contributed by atoms with van der Waals surface area (Å²) in [5, 5.41) is 12.4. The predicted molar refractivity (Wildman–Crippen MR) is 218 cm³/mol. The second-order valence-corrected chi connectivity index (χ2v) is 16.0. The molecule has 1 aliphatic rings. The second kappa shape index (κ2) is 20.1. The van der Waals surface area contributed by atoms with Crippen LogP contribution in [0.15, 0.2) is 60.8 Å². The lowest BCUT2D eigenvalue weighted by Gasteiger charge is -2.29. The molecule has 3 aromatic rings. The van der Waals surface area contributed by atoms with Gasteiger partial charge in [0.25, 0.3) is 5.91 Å². The Morgan fingerprint density at radius 1 is 0.804 bits per heavy atom. The predicted octanol–water partition coefficient (Wildman–Crippen LogP) is 7.88. The molecule has 2 heterocycles. The average molecular weight is 773 g/mol. The van der Waals surface area contributed by atoms with Crippen molar-refractivity contribution in [3.8, 4) is 0 Å². The smallest absolute Gasteiger partial charge is 0.425 e. The summed E-state index contributed by atoms with van der Waals surface area (Å²) in [7, 11) is 0. The minimum absolute atomic E-state index is 0.00896. The van der Waals surface area contributed by atoms with Crippen molar-refractivity contribution in [2.75, 3.05) is 36.4 Å². The SMILES string of the molecule is CCCN(CC)CCNC(=O)c1ccc(C2CCC(NC(=O)NCc3ccc(N(C(=O)OC(C)(C)C)C(=O)OC(C)(C)C)nc3)CC2)nc1Nc1ccccc1. The van der Waals surface area contributed by atoms with Crippen LogP contribution >= 0.6 is 0 Å². The lowest BCUT2D eigenvalue weighted by atomic mass is 9.83. The van der Waals surface area contributed by atoms with E-state index < -0.39 is 23.4 Å². The molecule has 14 nitrogen and oxygen atoms in total. The summed E-state index contributed by atoms with van der Waals surface area (Å²) in [6.45, 7) is 17.9. The highest BCUT2D eigenvalue weighted by Crippen LogP contribution is 2.33. The monoisotopic (exact) mass is 772 g/mol. The zero-order valence-corrected chi connectivity index (χ0v) is 34.2. The van der Waals surface area contributed by atoms with E-state index in [-0.39, 0.29) is 36.3 Å². The molecular weight excluding hydrogens is 713 g/mol. The summed E-state index contributed by atoms with van der Waals surface area (Å²) < 4.78 is 10.9. The largest absolute Gasteiger partial charge is 0.443 e. The standard InChI is InChI=1S/C42H60N8O6/c1-9-25-49(10-2)26-24-43-37(51)33-21-22-34(48-36(33)46-31-14-12-11-13-15-31)30-17-19-32(20-18-30)47-38(52)45-28-29-16-23-35(44-27-29)50(39(53)55-41(3,4)5)40(54)56-42(6,7)8/h11-16,21-23,27,30,32H,9-10,17-20,24-26,28H2,1-8H3,(H,43,51)(H,46,48)(H2,45,47,52). The first-order valence-corrected chi connectivity index (χ1v) is 19.6. The molecule has 0 saturated heterocycles. The van der Waals surface area contributed by atoms with Crippen LogP contribution in [0.4, 0.5) is 31.7 Å². The van der Waals surface area contributed by atoms with Gasteiger partial charge in [-0.25, -0.2) is 24.4 Å². The number of urea groups is 1. The van der Waals surface area contributed by atoms with Crippen LogP contribution in [-0.4, -0.2) is 82.4 Å². The molecule has 14 heteroatoms. The van der Waals surface area contributed by atoms with Gasteiger partial charge in [-0.1, -0.05) is 38.1 Å². The van der Waals surface area contributed by atoms with Gasteiger partial charge in [0.05, 0.1) is 5.56 Å². The quantitative estimate of drug-likeness (QED) is 0.127. The summed E-state index contributed by atoms with van der Waals surface area (Å²) in [5.74, 6) is 0.582. The van der Waals surface area contributed by atoms with E-state index in [1.54, 1.807) is 47.6 Å². The van der Waals surface area contributed by atoms with E-state index in [2.05, 4.69) is 45.0 Å². The van der Waals surface area contributed by atoms with Crippen molar-refractivity contribution in [1.29, 1.82) is 0 Å². The molecule has 5 amide bonds. The number of nitrogens with one attached hydrogen (secondary N) is 4. The fourth-order valence-corrected chi connectivity index (χ4v) is 6.29. The second-order valence-electron chi connectivity index (χ2n) is 16.0. The number of para-hydroxylation sites is 1. The van der Waals surface area contributed by atoms with E-state index in [1.165, 1.54) is 12.3 Å². The number of nitrogens with zero attached hydrogens (tertiary/aromatic N) is 4. The Morgan fingerprint density at radius 2 is 1.46 bits per heavy atom. The van der Waals surface area contributed by atoms with Crippen LogP contribution in [0.25, 0.3) is 0 Å². The van der Waals surface area contributed by atoms with E-state index in [4.69, 9.17) is 14.5 Å². The van der Waals surface area contributed by atoms with Crippen LogP contribution in [0.2, 0.25) is 0 Å². The normalized spacial score (nSPS) is 15.7. The first-order chi connectivity index (χ1) is 26.5. The zero-order valence-electron chi connectivity index (χ0n) is 34.2. The summed E-state index contributed by atoms with van der Waals surface area (Å²) in [6, 6.07) is 16.4. The number of anilines is 3. The summed E-state index contributed by atoms with van der Waals surface area (Å²) in [6.07, 6.45) is 3.95. The van der Waals surface area contributed by atoms with Crippen LogP contribution in [0, 0.1) is 0 Å². The third kappa shape index (κ3) is 13.8. The number of benzene rings is 1. The van der Waals surface area contributed by atoms with E-state index in [0.29, 0.717) is 23.5 Å². The summed E-state index contributed by atoms with van der Waals surface area (Å²) in [5.41, 5.74) is 1.24. The van der Waals surface area contributed by atoms with Crippen LogP contribution in [-0.2, 0) is 16.0 Å². The Morgan fingerprint density at radius 3 is 2.04 bits per heavy atom. The fourth-order valence-electron chi connectivity index (χ4n) is 6.29. The number of likely N-dealkylation sites (N-methyl/N-ethyl adjacent to an activating group) is 1. The van der Waals surface area contributed by atoms with Gasteiger partial charge in [-0.3, -0.25) is 4.79 Å². The van der Waals surface area contributed by atoms with E-state index >= 15 is 0 Å². The first kappa shape index (κ1) is 43.5. The number of carbonyl (C=O) groups is 4. The number of hydrogen-bond donors (Lipinski definition) is 4. The van der Waals surface area contributed by atoms with Crippen molar-refractivity contribution in [2.45, 2.75) is 117 Å². The molecule has 0 unspecified atom stereocenters. The number of hydrogen-bond acceptors (Lipinski definition) is 10. The highest BCUT2D eigenvalue weighted by atomic mass is 16.6. The topological polar surface area (TPSA) is 167 Å². The van der Waals surface area contributed by atoms with Gasteiger partial charge in [-0.05, 0) is 123 Å². The maximum Gasteiger partial charge on any atom is 0.425 e. The molecular formula is C42H60N8O6. The molecule has 0 radical (unpaired) electrons. The number of carbonyl (C=O) groups excluding carboxylic acids is 4. The Kier molecular flexibility index (Phi) is 15.6. The molecule has 1 fully saturated rings. The molecule has 1 saturated carbocycles. The lowest BCUT2D eigenvalue weighted by molar-refractivity contribution is 0.0428. The van der Waals surface area contributed by atoms with Crippen molar-refractivity contribution in [3.05, 3.63) is 77.6 Å². The number of pyridine rings is 2. The van der Waals surface area contributed by atoms with Crippen molar-refractivity contribution >= 4 is 41.4 Å². The Bertz CT molecular complexity index is 1720. The van der Waals surface area contributed by atoms with Crippen molar-refractivity contribution in [1.82, 2.24) is 30.8 Å². The Hall–Kier alpha value is -5.24. The molecule has 56 heavy (non-hydrogen) atoms. The fraction of sp³-hybridized carbons (Fsp3) is 0.524. The maximum absolute atomic E-state index is 13.3. The van der Waals surface area contributed by atoms with Crippen molar-refractivity contribution in [3.63, 3.8) is 0 Å². The minimum atomic E-state index is -0.907. The number of imide groups is 1. The number of aromatic nitrogens is 2. The van der Waals surface area contributed by atoms with Crippen LogP contribution in [0.3, 0.4) is 0 Å². The summed E-state index contributed by atoms with van der Waals surface area (Å²) in [4.78, 5) is 64.5. The molecule has 1 aliphatic carbocycles. The zero-order chi connectivity index (χ0) is 40.9. The van der Waals surface area contributed by atoms with Gasteiger partial charge in [0, 0.05) is 49.2 Å². The number of ether oxygens (including phenoxy) is 2. The summed E-state index contributed by atoms with van der Waals surface area (Å²) >= 11 is 0. The number of rotatable bonds is 14. The average Bonchev–Trinajstić information content (AvgIpc) is 3.13. The van der Waals surface area contributed by atoms with E-state index in [0.717, 1.165) is 68.0 Å². The highest BCUT2D eigenvalue weighted by molar-refractivity contribution is 6.08. The van der Waals surface area contributed by atoms with Gasteiger partial charge in [0.2, 0.25) is 0 Å². The molecule has 0 bridgehead atoms. The molecule has 4 N–H and O–H groups in total. The van der Waals surface area contributed by atoms with E-state index in [1.807, 2.05) is 42.5 Å². The van der Waals surface area contributed by atoms with Crippen LogP contribution in [0.5, 0.6) is 0 Å². The van der Waals surface area contributed by atoms with Gasteiger partial charge in [-0.2, -0.15) is 4.90 Å². The molecule has 4 rings (SSSR count). The van der Waals surface area contributed by atoms with Gasteiger partial charge >= 0.3 is 18.2 Å². The van der Waals surface area contributed by atoms with Gasteiger partial charge in [0.15, 0.2) is 0 Å². The lowest BCUT2D eigenvalue weighted by Crippen LogP contribution is -2.44. The molecule has 2 aromatic heterocycles. The van der Waals surface area contributed by atoms with Gasteiger partial charge < -0.3 is 35.6 Å². The van der Waals surface area contributed by atoms with E-state index in [9.17, 15) is 19.2 Å². The molecule has 0 aliphatic heterocycles. The molecule has 0 spiro atoms. The van der Waals surface area contributed by atoms with Crippen molar-refractivity contribution in [2.24, 2.45) is 0 Å². The minimum Gasteiger partial charge on any atom is -0.443 e. The maximum atomic E-state index is 13.3.